The van der Waals surface area contributed by atoms with E-state index in [0.29, 0.717) is 55.9 Å². The van der Waals surface area contributed by atoms with E-state index in [9.17, 15) is 8.42 Å². The van der Waals surface area contributed by atoms with Crippen LogP contribution in [0.1, 0.15) is 23.2 Å². The summed E-state index contributed by atoms with van der Waals surface area (Å²) in [5.41, 5.74) is 1.09. The lowest BCUT2D eigenvalue weighted by atomic mass is 10.0. The number of rotatable bonds is 5. The molecule has 0 bridgehead atoms. The highest BCUT2D eigenvalue weighted by Crippen LogP contribution is 2.36. The third-order valence-corrected chi connectivity index (χ3v) is 6.87. The van der Waals surface area contributed by atoms with Gasteiger partial charge in [-0.15, -0.1) is 0 Å². The largest absolute Gasteiger partial charge is 0.486 e. The summed E-state index contributed by atoms with van der Waals surface area (Å²) in [7, 11) is -3.61. The fraction of sp³-hybridized carbons (Fsp3) is 0.300. The number of aromatic nitrogens is 2. The van der Waals surface area contributed by atoms with Crippen molar-refractivity contribution in [3.63, 3.8) is 0 Å². The molecule has 2 aliphatic rings. The molecule has 2 aromatic carbocycles. The maximum absolute atomic E-state index is 12.9. The number of fused-ring (bicyclic) bond motifs is 1. The first kappa shape index (κ1) is 18.1. The van der Waals surface area contributed by atoms with Gasteiger partial charge in [0, 0.05) is 25.6 Å². The van der Waals surface area contributed by atoms with Crippen LogP contribution in [0.3, 0.4) is 0 Å². The van der Waals surface area contributed by atoms with E-state index in [4.69, 9.17) is 14.0 Å². The third kappa shape index (κ3) is 3.47. The van der Waals surface area contributed by atoms with Crippen molar-refractivity contribution in [3.05, 3.63) is 65.8 Å². The Balaban J connectivity index is 1.26. The highest BCUT2D eigenvalue weighted by Gasteiger charge is 2.40. The minimum Gasteiger partial charge on any atom is -0.486 e. The summed E-state index contributed by atoms with van der Waals surface area (Å²) in [6, 6.07) is 14.6. The lowest BCUT2D eigenvalue weighted by Crippen LogP contribution is -2.48. The van der Waals surface area contributed by atoms with Crippen LogP contribution in [0.2, 0.25) is 0 Å². The quantitative estimate of drug-likeness (QED) is 0.633. The first-order valence-electron chi connectivity index (χ1n) is 9.36. The molecule has 29 heavy (non-hydrogen) atoms. The summed E-state index contributed by atoms with van der Waals surface area (Å²) in [6.45, 7) is 1.49. The van der Waals surface area contributed by atoms with Crippen LogP contribution >= 0.6 is 0 Å². The Morgan fingerprint density at radius 3 is 2.55 bits per heavy atom. The zero-order chi connectivity index (χ0) is 19.8. The lowest BCUT2D eigenvalue weighted by Gasteiger charge is -2.35. The summed E-state index contributed by atoms with van der Waals surface area (Å²) < 4.78 is 43.5. The second kappa shape index (κ2) is 7.16. The van der Waals surface area contributed by atoms with Gasteiger partial charge in [0.05, 0.1) is 10.8 Å². The molecule has 0 spiro atoms. The van der Waals surface area contributed by atoms with E-state index in [1.807, 2.05) is 30.3 Å². The van der Waals surface area contributed by atoms with Crippen LogP contribution < -0.4 is 9.47 Å². The van der Waals surface area contributed by atoms with Crippen molar-refractivity contribution in [2.24, 2.45) is 0 Å². The highest BCUT2D eigenvalue weighted by molar-refractivity contribution is 7.89. The molecule has 0 atom stereocenters. The Morgan fingerprint density at radius 1 is 1.00 bits per heavy atom. The number of hydrogen-bond donors (Lipinski definition) is 0. The standard InChI is InChI=1S/C20H19N3O5S/c24-29(25,16-6-7-17-18(11-16)27-9-8-26-17)23-12-15(13-23)20-21-19(22-28-20)10-14-4-2-1-3-5-14/h1-7,11,15H,8-10,12-13H2. The van der Waals surface area contributed by atoms with Crippen molar-refractivity contribution < 1.29 is 22.4 Å². The number of hydrogen-bond acceptors (Lipinski definition) is 7. The molecule has 8 nitrogen and oxygen atoms in total. The fourth-order valence-electron chi connectivity index (χ4n) is 3.41. The highest BCUT2D eigenvalue weighted by atomic mass is 32.2. The maximum Gasteiger partial charge on any atom is 0.243 e. The van der Waals surface area contributed by atoms with Crippen molar-refractivity contribution in [2.45, 2.75) is 17.2 Å². The summed E-state index contributed by atoms with van der Waals surface area (Å²) in [6.07, 6.45) is 0.580. The molecule has 0 amide bonds. The molecule has 3 aromatic rings. The van der Waals surface area contributed by atoms with E-state index in [1.54, 1.807) is 12.1 Å². The molecule has 0 saturated carbocycles. The van der Waals surface area contributed by atoms with Gasteiger partial charge >= 0.3 is 0 Å². The van der Waals surface area contributed by atoms with Crippen LogP contribution in [0.15, 0.2) is 57.9 Å². The molecule has 0 aliphatic carbocycles. The van der Waals surface area contributed by atoms with Gasteiger partial charge in [-0.25, -0.2) is 8.42 Å². The SMILES string of the molecule is O=S(=O)(c1ccc2c(c1)OCCO2)N1CC(c2nc(Cc3ccccc3)no2)C1. The average Bonchev–Trinajstić information content (AvgIpc) is 3.15. The molecule has 1 aromatic heterocycles. The second-order valence-corrected chi connectivity index (χ2v) is 8.97. The van der Waals surface area contributed by atoms with Gasteiger partial charge in [-0.05, 0) is 17.7 Å². The third-order valence-electron chi connectivity index (χ3n) is 5.04. The molecular formula is C20H19N3O5S. The van der Waals surface area contributed by atoms with Gasteiger partial charge < -0.3 is 14.0 Å². The summed E-state index contributed by atoms with van der Waals surface area (Å²) in [5.74, 6) is 1.99. The number of ether oxygens (including phenoxy) is 2. The van der Waals surface area contributed by atoms with Gasteiger partial charge in [-0.2, -0.15) is 9.29 Å². The van der Waals surface area contributed by atoms with E-state index >= 15 is 0 Å². The zero-order valence-corrected chi connectivity index (χ0v) is 16.3. The predicted molar refractivity (Wildman–Crippen MR) is 102 cm³/mol. The van der Waals surface area contributed by atoms with Crippen LogP contribution in [0, 0.1) is 0 Å². The molecule has 0 N–H and O–H groups in total. The minimum absolute atomic E-state index is 0.0981. The lowest BCUT2D eigenvalue weighted by molar-refractivity contribution is 0.171. The summed E-state index contributed by atoms with van der Waals surface area (Å²) in [4.78, 5) is 4.63. The van der Waals surface area contributed by atoms with Crippen LogP contribution in [-0.2, 0) is 16.4 Å². The van der Waals surface area contributed by atoms with Gasteiger partial charge in [-0.3, -0.25) is 0 Å². The molecule has 0 unspecified atom stereocenters. The predicted octanol–water partition coefficient (Wildman–Crippen LogP) is 2.22. The number of nitrogens with zero attached hydrogens (tertiary/aromatic N) is 3. The van der Waals surface area contributed by atoms with Crippen LogP contribution in [0.25, 0.3) is 0 Å². The summed E-state index contributed by atoms with van der Waals surface area (Å²) in [5, 5.41) is 4.02. The molecule has 1 fully saturated rings. The molecule has 5 rings (SSSR count). The topological polar surface area (TPSA) is 94.8 Å². The van der Waals surface area contributed by atoms with E-state index in [0.717, 1.165) is 5.56 Å². The Kier molecular flexibility index (Phi) is 4.48. The first-order valence-corrected chi connectivity index (χ1v) is 10.8. The van der Waals surface area contributed by atoms with Gasteiger partial charge in [0.1, 0.15) is 13.2 Å². The molecule has 150 valence electrons. The Morgan fingerprint density at radius 2 is 1.76 bits per heavy atom. The van der Waals surface area contributed by atoms with Gasteiger partial charge in [0.25, 0.3) is 0 Å². The Labute approximate surface area is 168 Å². The molecule has 0 radical (unpaired) electrons. The van der Waals surface area contributed by atoms with E-state index in [-0.39, 0.29) is 10.8 Å². The van der Waals surface area contributed by atoms with Crippen molar-refractivity contribution in [1.29, 1.82) is 0 Å². The van der Waals surface area contributed by atoms with Crippen LogP contribution in [-0.4, -0.2) is 49.2 Å². The summed E-state index contributed by atoms with van der Waals surface area (Å²) >= 11 is 0. The van der Waals surface area contributed by atoms with E-state index < -0.39 is 10.0 Å². The number of sulfonamides is 1. The van der Waals surface area contributed by atoms with Crippen molar-refractivity contribution in [1.82, 2.24) is 14.4 Å². The van der Waals surface area contributed by atoms with Crippen LogP contribution in [0.4, 0.5) is 0 Å². The minimum atomic E-state index is -3.61. The van der Waals surface area contributed by atoms with Gasteiger partial charge in [0.2, 0.25) is 15.9 Å². The molecule has 9 heteroatoms. The normalized spacial score (nSPS) is 17.1. The maximum atomic E-state index is 12.9. The second-order valence-electron chi connectivity index (χ2n) is 7.04. The first-order chi connectivity index (χ1) is 14.1. The monoisotopic (exact) mass is 413 g/mol. The van der Waals surface area contributed by atoms with Gasteiger partial charge in [-0.1, -0.05) is 35.5 Å². The van der Waals surface area contributed by atoms with Crippen molar-refractivity contribution in [3.8, 4) is 11.5 Å². The Hall–Kier alpha value is -2.91. The van der Waals surface area contributed by atoms with Crippen molar-refractivity contribution in [2.75, 3.05) is 26.3 Å². The molecule has 2 aliphatic heterocycles. The molecule has 3 heterocycles. The average molecular weight is 413 g/mol. The smallest absolute Gasteiger partial charge is 0.243 e. The van der Waals surface area contributed by atoms with E-state index in [1.165, 1.54) is 10.4 Å². The fourth-order valence-corrected chi connectivity index (χ4v) is 4.95. The van der Waals surface area contributed by atoms with Crippen LogP contribution in [0.5, 0.6) is 11.5 Å². The molecular weight excluding hydrogens is 394 g/mol. The Bertz CT molecular complexity index is 1120. The molecule has 1 saturated heterocycles. The van der Waals surface area contributed by atoms with Crippen molar-refractivity contribution >= 4 is 10.0 Å². The van der Waals surface area contributed by atoms with E-state index in [2.05, 4.69) is 10.1 Å². The zero-order valence-electron chi connectivity index (χ0n) is 15.5. The van der Waals surface area contributed by atoms with Gasteiger partial charge in [0.15, 0.2) is 17.3 Å². The number of benzene rings is 2.